The third kappa shape index (κ3) is 6.92. The van der Waals surface area contributed by atoms with Gasteiger partial charge in [0.2, 0.25) is 0 Å². The maximum Gasteiger partial charge on any atom is 0.408 e. The van der Waals surface area contributed by atoms with E-state index in [9.17, 15) is 9.59 Å². The van der Waals surface area contributed by atoms with Gasteiger partial charge in [0.1, 0.15) is 18.2 Å². The van der Waals surface area contributed by atoms with Crippen molar-refractivity contribution in [2.45, 2.75) is 38.8 Å². The first-order valence-corrected chi connectivity index (χ1v) is 7.13. The fraction of sp³-hybridized carbons (Fsp3) is 0.412. The maximum atomic E-state index is 12.1. The van der Waals surface area contributed by atoms with Crippen LogP contribution in [0.3, 0.4) is 0 Å². The van der Waals surface area contributed by atoms with Gasteiger partial charge in [-0.1, -0.05) is 43.0 Å². The molecule has 0 unspecified atom stereocenters. The van der Waals surface area contributed by atoms with Crippen molar-refractivity contribution in [2.75, 3.05) is 6.61 Å². The Kier molecular flexibility index (Phi) is 6.63. The monoisotopic (exact) mass is 305 g/mol. The molecule has 1 aromatic carbocycles. The molecule has 0 saturated carbocycles. The van der Waals surface area contributed by atoms with E-state index in [1.165, 1.54) is 6.08 Å². The topological polar surface area (TPSA) is 64.6 Å². The second-order valence-corrected chi connectivity index (χ2v) is 5.81. The quantitative estimate of drug-likeness (QED) is 0.648. The summed E-state index contributed by atoms with van der Waals surface area (Å²) in [5.41, 5.74) is 0.283. The number of carbonyl (C=O) groups is 2. The molecule has 5 nitrogen and oxygen atoms in total. The average Bonchev–Trinajstić information content (AvgIpc) is 2.43. The Balaban J connectivity index is 2.75. The Morgan fingerprint density at radius 2 is 1.91 bits per heavy atom. The van der Waals surface area contributed by atoms with Crippen LogP contribution in [0.1, 0.15) is 26.3 Å². The number of carbonyl (C=O) groups excluding carboxylic acids is 2. The van der Waals surface area contributed by atoms with Crippen molar-refractivity contribution in [1.82, 2.24) is 5.32 Å². The smallest absolute Gasteiger partial charge is 0.408 e. The highest BCUT2D eigenvalue weighted by Crippen LogP contribution is 2.09. The summed E-state index contributed by atoms with van der Waals surface area (Å²) in [5, 5.41) is 2.56. The molecule has 1 aromatic rings. The molecule has 0 radical (unpaired) electrons. The molecule has 0 fully saturated rings. The zero-order chi connectivity index (χ0) is 16.6. The van der Waals surface area contributed by atoms with E-state index < -0.39 is 23.7 Å². The van der Waals surface area contributed by atoms with Crippen LogP contribution in [0.2, 0.25) is 0 Å². The third-order valence-corrected chi connectivity index (χ3v) is 2.60. The molecule has 1 rings (SSSR count). The normalized spacial score (nSPS) is 12.1. The molecule has 0 aromatic heterocycles. The molecule has 1 amide bonds. The summed E-state index contributed by atoms with van der Waals surface area (Å²) in [7, 11) is 0. The van der Waals surface area contributed by atoms with Crippen LogP contribution in [0.25, 0.3) is 0 Å². The van der Waals surface area contributed by atoms with Gasteiger partial charge in [-0.05, 0) is 26.3 Å². The molecule has 0 saturated heterocycles. The molecule has 0 aliphatic rings. The summed E-state index contributed by atoms with van der Waals surface area (Å²) in [4.78, 5) is 23.9. The lowest BCUT2D eigenvalue weighted by Gasteiger charge is -2.23. The lowest BCUT2D eigenvalue weighted by Crippen LogP contribution is -2.45. The van der Waals surface area contributed by atoms with Gasteiger partial charge in [0.25, 0.3) is 0 Å². The van der Waals surface area contributed by atoms with E-state index >= 15 is 0 Å². The second kappa shape index (κ2) is 8.22. The van der Waals surface area contributed by atoms with Gasteiger partial charge >= 0.3 is 12.1 Å². The number of hydrogen-bond donors (Lipinski definition) is 1. The summed E-state index contributed by atoms with van der Waals surface area (Å²) in [6.07, 6.45) is 1.16. The first-order chi connectivity index (χ1) is 10.3. The number of benzene rings is 1. The van der Waals surface area contributed by atoms with Crippen LogP contribution in [-0.4, -0.2) is 30.3 Å². The van der Waals surface area contributed by atoms with E-state index in [1.54, 1.807) is 20.8 Å². The van der Waals surface area contributed by atoms with Crippen LogP contribution >= 0.6 is 0 Å². The van der Waals surface area contributed by atoms with Crippen molar-refractivity contribution in [2.24, 2.45) is 0 Å². The number of esters is 1. The van der Waals surface area contributed by atoms with Gasteiger partial charge in [0.15, 0.2) is 0 Å². The molecule has 22 heavy (non-hydrogen) atoms. The van der Waals surface area contributed by atoms with Crippen molar-refractivity contribution >= 4 is 12.1 Å². The Bertz CT molecular complexity index is 505. The lowest BCUT2D eigenvalue weighted by molar-refractivity contribution is -0.144. The van der Waals surface area contributed by atoms with Crippen molar-refractivity contribution < 1.29 is 19.1 Å². The van der Waals surface area contributed by atoms with Crippen LogP contribution < -0.4 is 5.32 Å². The summed E-state index contributed by atoms with van der Waals surface area (Å²) in [6, 6.07) is 8.58. The highest BCUT2D eigenvalue weighted by Gasteiger charge is 2.25. The Hall–Kier alpha value is -2.30. The Morgan fingerprint density at radius 1 is 1.27 bits per heavy atom. The van der Waals surface area contributed by atoms with Crippen LogP contribution in [0.4, 0.5) is 4.79 Å². The van der Waals surface area contributed by atoms with Crippen LogP contribution in [0.15, 0.2) is 43.0 Å². The van der Waals surface area contributed by atoms with Gasteiger partial charge in [-0.3, -0.25) is 0 Å². The second-order valence-electron chi connectivity index (χ2n) is 5.81. The average molecular weight is 305 g/mol. The van der Waals surface area contributed by atoms with E-state index in [4.69, 9.17) is 9.47 Å². The SMILES string of the molecule is C=CCOC(=O)[C@H](Cc1ccccc1)NC(=O)OC(C)(C)C. The Labute approximate surface area is 131 Å². The minimum absolute atomic E-state index is 0.0973. The van der Waals surface area contributed by atoms with Crippen molar-refractivity contribution in [3.63, 3.8) is 0 Å². The number of alkyl carbamates (subject to hydrolysis) is 1. The molecular weight excluding hydrogens is 282 g/mol. The van der Waals surface area contributed by atoms with Crippen LogP contribution in [0.5, 0.6) is 0 Å². The van der Waals surface area contributed by atoms with Gasteiger partial charge in [-0.25, -0.2) is 9.59 Å². The predicted octanol–water partition coefficient (Wildman–Crippen LogP) is 2.85. The largest absolute Gasteiger partial charge is 0.460 e. The first kappa shape index (κ1) is 17.8. The van der Waals surface area contributed by atoms with Gasteiger partial charge in [0.05, 0.1) is 0 Å². The summed E-state index contributed by atoms with van der Waals surface area (Å²) in [6.45, 7) is 8.87. The lowest BCUT2D eigenvalue weighted by atomic mass is 10.1. The van der Waals surface area contributed by atoms with Gasteiger partial charge in [-0.2, -0.15) is 0 Å². The molecule has 1 atom stereocenters. The predicted molar refractivity (Wildman–Crippen MR) is 84.5 cm³/mol. The molecule has 5 heteroatoms. The summed E-state index contributed by atoms with van der Waals surface area (Å²) < 4.78 is 10.2. The summed E-state index contributed by atoms with van der Waals surface area (Å²) >= 11 is 0. The molecule has 0 spiro atoms. The van der Waals surface area contributed by atoms with Gasteiger partial charge in [0, 0.05) is 6.42 Å². The van der Waals surface area contributed by atoms with E-state index in [2.05, 4.69) is 11.9 Å². The van der Waals surface area contributed by atoms with Crippen LogP contribution in [-0.2, 0) is 20.7 Å². The van der Waals surface area contributed by atoms with Crippen molar-refractivity contribution in [3.05, 3.63) is 48.6 Å². The number of ether oxygens (including phenoxy) is 2. The fourth-order valence-electron chi connectivity index (χ4n) is 1.73. The molecule has 0 aliphatic heterocycles. The van der Waals surface area contributed by atoms with E-state index in [0.29, 0.717) is 6.42 Å². The minimum Gasteiger partial charge on any atom is -0.460 e. The number of amides is 1. The first-order valence-electron chi connectivity index (χ1n) is 7.13. The zero-order valence-corrected chi connectivity index (χ0v) is 13.3. The number of nitrogens with one attached hydrogen (secondary N) is 1. The standard InChI is InChI=1S/C17H23NO4/c1-5-11-21-15(19)14(12-13-9-7-6-8-10-13)18-16(20)22-17(2,3)4/h5-10,14H,1,11-12H2,2-4H3,(H,18,20)/t14-/m0/s1. The van der Waals surface area contributed by atoms with Gasteiger partial charge in [-0.15, -0.1) is 0 Å². The Morgan fingerprint density at radius 3 is 2.45 bits per heavy atom. The highest BCUT2D eigenvalue weighted by atomic mass is 16.6. The summed E-state index contributed by atoms with van der Waals surface area (Å²) in [5.74, 6) is -0.519. The molecule has 0 aliphatic carbocycles. The van der Waals surface area contributed by atoms with Gasteiger partial charge < -0.3 is 14.8 Å². The van der Waals surface area contributed by atoms with E-state index in [0.717, 1.165) is 5.56 Å². The zero-order valence-electron chi connectivity index (χ0n) is 13.3. The highest BCUT2D eigenvalue weighted by molar-refractivity contribution is 5.81. The number of hydrogen-bond acceptors (Lipinski definition) is 4. The molecule has 120 valence electrons. The fourth-order valence-corrected chi connectivity index (χ4v) is 1.73. The van der Waals surface area contributed by atoms with E-state index in [-0.39, 0.29) is 6.61 Å². The molecule has 1 N–H and O–H groups in total. The van der Waals surface area contributed by atoms with Crippen molar-refractivity contribution in [3.8, 4) is 0 Å². The molecule has 0 heterocycles. The number of rotatable bonds is 6. The maximum absolute atomic E-state index is 12.1. The van der Waals surface area contributed by atoms with Crippen LogP contribution in [0, 0.1) is 0 Å². The minimum atomic E-state index is -0.808. The van der Waals surface area contributed by atoms with E-state index in [1.807, 2.05) is 30.3 Å². The molecule has 0 bridgehead atoms. The molecular formula is C17H23NO4. The van der Waals surface area contributed by atoms with Crippen molar-refractivity contribution in [1.29, 1.82) is 0 Å². The third-order valence-electron chi connectivity index (χ3n) is 2.60.